The van der Waals surface area contributed by atoms with E-state index in [1.165, 1.54) is 6.92 Å². The molecule has 5 heteroatoms. The first-order valence-corrected chi connectivity index (χ1v) is 3.94. The van der Waals surface area contributed by atoms with E-state index in [0.717, 1.165) is 0 Å². The molecule has 2 N–H and O–H groups in total. The normalized spacial score (nSPS) is 13.2. The Bertz CT molecular complexity index is 207. The molecule has 5 nitrogen and oxygen atoms in total. The molecule has 0 saturated heterocycles. The lowest BCUT2D eigenvalue weighted by Crippen LogP contribution is -2.41. The van der Waals surface area contributed by atoms with Crippen LogP contribution in [0.3, 0.4) is 0 Å². The van der Waals surface area contributed by atoms with Gasteiger partial charge in [0, 0.05) is 0 Å². The molecule has 0 radical (unpaired) electrons. The molecule has 1 atom stereocenters. The van der Waals surface area contributed by atoms with Crippen molar-refractivity contribution in [2.45, 2.75) is 39.3 Å². The highest BCUT2D eigenvalue weighted by Gasteiger charge is 2.20. The molecule has 0 fully saturated rings. The minimum atomic E-state index is -1.09. The van der Waals surface area contributed by atoms with Crippen molar-refractivity contribution >= 4 is 12.1 Å². The Labute approximate surface area is 77.1 Å². The van der Waals surface area contributed by atoms with Crippen molar-refractivity contribution in [2.24, 2.45) is 0 Å². The van der Waals surface area contributed by atoms with E-state index >= 15 is 0 Å². The standard InChI is InChI=1S/C8H15NO4/c1-5(6(10)11)9-7(12)13-8(2,3)4/h5H,1-4H3,(H,9,12)(H,10,11)/i6+1. The summed E-state index contributed by atoms with van der Waals surface area (Å²) in [5, 5.41) is 10.6. The highest BCUT2D eigenvalue weighted by atomic mass is 16.6. The van der Waals surface area contributed by atoms with Gasteiger partial charge < -0.3 is 15.2 Å². The van der Waals surface area contributed by atoms with Crippen molar-refractivity contribution in [2.75, 3.05) is 0 Å². The van der Waals surface area contributed by atoms with Gasteiger partial charge >= 0.3 is 12.1 Å². The summed E-state index contributed by atoms with van der Waals surface area (Å²) in [5.74, 6) is -1.09. The van der Waals surface area contributed by atoms with E-state index in [1.54, 1.807) is 20.8 Å². The molecule has 0 rings (SSSR count). The van der Waals surface area contributed by atoms with E-state index in [-0.39, 0.29) is 0 Å². The summed E-state index contributed by atoms with van der Waals surface area (Å²) < 4.78 is 4.85. The number of ether oxygens (including phenoxy) is 1. The fourth-order valence-electron chi connectivity index (χ4n) is 0.546. The van der Waals surface area contributed by atoms with Crippen LogP contribution in [-0.4, -0.2) is 28.8 Å². The predicted molar refractivity (Wildman–Crippen MR) is 46.5 cm³/mol. The number of carboxylic acid groups (broad SMARTS) is 1. The summed E-state index contributed by atoms with van der Waals surface area (Å²) in [4.78, 5) is 21.3. The molecule has 0 spiro atoms. The largest absolute Gasteiger partial charge is 0.480 e. The third-order valence-corrected chi connectivity index (χ3v) is 1.10. The molecule has 0 aliphatic carbocycles. The van der Waals surface area contributed by atoms with Crippen molar-refractivity contribution < 1.29 is 19.4 Å². The van der Waals surface area contributed by atoms with Gasteiger partial charge in [-0.3, -0.25) is 4.79 Å². The Morgan fingerprint density at radius 2 is 1.85 bits per heavy atom. The minimum Gasteiger partial charge on any atom is -0.480 e. The van der Waals surface area contributed by atoms with Crippen LogP contribution in [-0.2, 0) is 9.53 Å². The molecule has 0 heterocycles. The number of carbonyl (C=O) groups is 2. The van der Waals surface area contributed by atoms with Gasteiger partial charge in [0.05, 0.1) is 0 Å². The van der Waals surface area contributed by atoms with E-state index in [0.29, 0.717) is 0 Å². The van der Waals surface area contributed by atoms with E-state index < -0.39 is 23.7 Å². The fraction of sp³-hybridized carbons (Fsp3) is 0.750. The maximum absolute atomic E-state index is 11.0. The Balaban J connectivity index is 3.96. The first-order chi connectivity index (χ1) is 5.72. The van der Waals surface area contributed by atoms with Crippen LogP contribution in [0.4, 0.5) is 4.79 Å². The lowest BCUT2D eigenvalue weighted by atomic mass is 10.2. The van der Waals surface area contributed by atoms with Crippen molar-refractivity contribution in [3.63, 3.8) is 0 Å². The van der Waals surface area contributed by atoms with Crippen LogP contribution in [0.25, 0.3) is 0 Å². The van der Waals surface area contributed by atoms with Gasteiger partial charge in [0.15, 0.2) is 0 Å². The number of alkyl carbamates (subject to hydrolysis) is 1. The number of carbonyl (C=O) groups excluding carboxylic acids is 1. The van der Waals surface area contributed by atoms with Crippen molar-refractivity contribution in [1.82, 2.24) is 5.32 Å². The predicted octanol–water partition coefficient (Wildman–Crippen LogP) is 0.984. The number of rotatable bonds is 2. The average molecular weight is 190 g/mol. The second kappa shape index (κ2) is 4.11. The molecule has 0 aliphatic rings. The van der Waals surface area contributed by atoms with Crippen LogP contribution < -0.4 is 5.32 Å². The topological polar surface area (TPSA) is 75.6 Å². The van der Waals surface area contributed by atoms with E-state index in [2.05, 4.69) is 5.32 Å². The zero-order valence-corrected chi connectivity index (χ0v) is 8.25. The Kier molecular flexibility index (Phi) is 3.71. The fourth-order valence-corrected chi connectivity index (χ4v) is 0.546. The van der Waals surface area contributed by atoms with Crippen LogP contribution >= 0.6 is 0 Å². The summed E-state index contributed by atoms with van der Waals surface area (Å²) in [6.07, 6.45) is -0.720. The molecular weight excluding hydrogens is 175 g/mol. The second-order valence-electron chi connectivity index (χ2n) is 3.71. The summed E-state index contributed by atoms with van der Waals surface area (Å²) in [5.41, 5.74) is -0.609. The SMILES string of the molecule is CC(NC(=O)OC(C)(C)C)[13C](=O)O. The minimum absolute atomic E-state index is 0.609. The molecular formula is C8H15NO4. The van der Waals surface area contributed by atoms with Gasteiger partial charge in [0.2, 0.25) is 0 Å². The first-order valence-electron chi connectivity index (χ1n) is 3.94. The lowest BCUT2D eigenvalue weighted by molar-refractivity contribution is -0.139. The maximum atomic E-state index is 11.0. The summed E-state index contributed by atoms with van der Waals surface area (Å²) in [6.45, 7) is 6.49. The Hall–Kier alpha value is -1.26. The van der Waals surface area contributed by atoms with Gasteiger partial charge in [-0.2, -0.15) is 0 Å². The molecule has 76 valence electrons. The lowest BCUT2D eigenvalue weighted by Gasteiger charge is -2.20. The molecule has 0 aliphatic heterocycles. The number of aliphatic carboxylic acids is 1. The molecule has 0 aromatic heterocycles. The summed E-state index contributed by atoms with van der Waals surface area (Å²) >= 11 is 0. The van der Waals surface area contributed by atoms with Gasteiger partial charge in [-0.05, 0) is 27.7 Å². The van der Waals surface area contributed by atoms with Crippen LogP contribution in [0.15, 0.2) is 0 Å². The van der Waals surface area contributed by atoms with Gasteiger partial charge in [-0.25, -0.2) is 4.79 Å². The zero-order valence-electron chi connectivity index (χ0n) is 8.25. The highest BCUT2D eigenvalue weighted by Crippen LogP contribution is 2.06. The van der Waals surface area contributed by atoms with Crippen molar-refractivity contribution in [1.29, 1.82) is 0 Å². The van der Waals surface area contributed by atoms with Gasteiger partial charge in [-0.1, -0.05) is 0 Å². The summed E-state index contributed by atoms with van der Waals surface area (Å²) in [6, 6.07) is -0.935. The molecule has 0 saturated carbocycles. The van der Waals surface area contributed by atoms with Crippen LogP contribution in [0, 0.1) is 0 Å². The van der Waals surface area contributed by atoms with Crippen LogP contribution in [0.5, 0.6) is 0 Å². The molecule has 0 aromatic rings. The van der Waals surface area contributed by atoms with Crippen LogP contribution in [0.1, 0.15) is 27.7 Å². The number of amides is 1. The number of hydrogen-bond acceptors (Lipinski definition) is 3. The molecule has 13 heavy (non-hydrogen) atoms. The van der Waals surface area contributed by atoms with E-state index in [4.69, 9.17) is 9.84 Å². The smallest absolute Gasteiger partial charge is 0.408 e. The average Bonchev–Trinajstić information content (AvgIpc) is 1.81. The second-order valence-corrected chi connectivity index (χ2v) is 3.71. The third-order valence-electron chi connectivity index (χ3n) is 1.10. The molecule has 1 amide bonds. The van der Waals surface area contributed by atoms with Crippen LogP contribution in [0.2, 0.25) is 0 Å². The maximum Gasteiger partial charge on any atom is 0.408 e. The molecule has 1 unspecified atom stereocenters. The third kappa shape index (κ3) is 5.95. The molecule has 0 aromatic carbocycles. The van der Waals surface area contributed by atoms with Crippen molar-refractivity contribution in [3.8, 4) is 0 Å². The first kappa shape index (κ1) is 11.7. The number of nitrogens with one attached hydrogen (secondary N) is 1. The monoisotopic (exact) mass is 190 g/mol. The Morgan fingerprint density at radius 1 is 1.38 bits per heavy atom. The number of carboxylic acids is 1. The highest BCUT2D eigenvalue weighted by molar-refractivity contribution is 5.79. The van der Waals surface area contributed by atoms with E-state index in [1.807, 2.05) is 0 Å². The van der Waals surface area contributed by atoms with Gasteiger partial charge in [0.1, 0.15) is 11.6 Å². The molecule has 0 bridgehead atoms. The zero-order chi connectivity index (χ0) is 10.6. The number of hydrogen-bond donors (Lipinski definition) is 2. The van der Waals surface area contributed by atoms with Crippen molar-refractivity contribution in [3.05, 3.63) is 0 Å². The van der Waals surface area contributed by atoms with Gasteiger partial charge in [0.25, 0.3) is 0 Å². The quantitative estimate of drug-likeness (QED) is 0.636. The Morgan fingerprint density at radius 3 is 2.15 bits per heavy atom. The van der Waals surface area contributed by atoms with Gasteiger partial charge in [-0.15, -0.1) is 0 Å². The summed E-state index contributed by atoms with van der Waals surface area (Å²) in [7, 11) is 0. The van der Waals surface area contributed by atoms with E-state index in [9.17, 15) is 9.59 Å².